The van der Waals surface area contributed by atoms with Gasteiger partial charge in [0.05, 0.1) is 17.4 Å². The first-order valence-corrected chi connectivity index (χ1v) is 7.45. The normalized spacial score (nSPS) is 13.6. The highest BCUT2D eigenvalue weighted by molar-refractivity contribution is 6.16. The minimum Gasteiger partial charge on any atom is -0.322 e. The molecule has 0 amide bonds. The lowest BCUT2D eigenvalue weighted by molar-refractivity contribution is 0.270. The van der Waals surface area contributed by atoms with Crippen LogP contribution in [0.25, 0.3) is 11.0 Å². The number of hydrogen-bond donors (Lipinski definition) is 0. The van der Waals surface area contributed by atoms with Crippen LogP contribution in [0.15, 0.2) is 12.1 Å². The maximum atomic E-state index is 13.9. The number of halogens is 3. The van der Waals surface area contributed by atoms with Crippen LogP contribution in [-0.2, 0) is 5.88 Å². The third-order valence-electron chi connectivity index (χ3n) is 3.56. The Bertz CT molecular complexity index is 637. The lowest BCUT2D eigenvalue weighted by Crippen LogP contribution is -2.29. The van der Waals surface area contributed by atoms with E-state index in [-0.39, 0.29) is 23.4 Å². The van der Waals surface area contributed by atoms with Gasteiger partial charge >= 0.3 is 0 Å². The van der Waals surface area contributed by atoms with Crippen molar-refractivity contribution < 1.29 is 8.78 Å². The molecule has 2 rings (SSSR count). The van der Waals surface area contributed by atoms with Crippen LogP contribution in [0.4, 0.5) is 8.78 Å². The second-order valence-corrected chi connectivity index (χ2v) is 6.13. The second-order valence-electron chi connectivity index (χ2n) is 5.86. The molecule has 0 fully saturated rings. The molecule has 0 N–H and O–H groups in total. The van der Waals surface area contributed by atoms with Crippen molar-refractivity contribution >= 4 is 22.6 Å². The first kappa shape index (κ1) is 16.2. The summed E-state index contributed by atoms with van der Waals surface area (Å²) in [5.74, 6) is -0.251. The lowest BCUT2D eigenvalue weighted by Gasteiger charge is -2.28. The molecule has 21 heavy (non-hydrogen) atoms. The Morgan fingerprint density at radius 3 is 2.48 bits per heavy atom. The largest absolute Gasteiger partial charge is 0.322 e. The van der Waals surface area contributed by atoms with Gasteiger partial charge in [0.15, 0.2) is 5.82 Å². The van der Waals surface area contributed by atoms with Gasteiger partial charge in [-0.05, 0) is 26.1 Å². The highest BCUT2D eigenvalue weighted by atomic mass is 35.5. The van der Waals surface area contributed by atoms with E-state index < -0.39 is 11.6 Å². The van der Waals surface area contributed by atoms with Crippen LogP contribution < -0.4 is 0 Å². The second kappa shape index (κ2) is 6.28. The molecule has 2 aromatic rings. The van der Waals surface area contributed by atoms with Crippen molar-refractivity contribution in [3.63, 3.8) is 0 Å². The zero-order valence-electron chi connectivity index (χ0n) is 12.7. The fraction of sp³-hybridized carbons (Fsp3) is 0.533. The Kier molecular flexibility index (Phi) is 4.84. The van der Waals surface area contributed by atoms with E-state index in [2.05, 4.69) is 18.8 Å². The number of imidazole rings is 1. The van der Waals surface area contributed by atoms with Crippen molar-refractivity contribution in [3.05, 3.63) is 29.6 Å². The van der Waals surface area contributed by atoms with Crippen molar-refractivity contribution in [1.82, 2.24) is 14.5 Å². The van der Waals surface area contributed by atoms with Crippen molar-refractivity contribution in [2.45, 2.75) is 25.8 Å². The van der Waals surface area contributed by atoms with Crippen LogP contribution >= 0.6 is 11.6 Å². The van der Waals surface area contributed by atoms with Crippen molar-refractivity contribution in [2.75, 3.05) is 20.6 Å². The van der Waals surface area contributed by atoms with Gasteiger partial charge in [-0.3, -0.25) is 0 Å². The Hall–Kier alpha value is -1.20. The standard InChI is InChI=1S/C15H20ClF2N3/c1-9(2)13(8-20(3)4)21-12-6-10(17)5-11(18)15(12)19-14(21)7-16/h5-6,9,13H,7-8H2,1-4H3. The van der Waals surface area contributed by atoms with Gasteiger partial charge in [0, 0.05) is 12.6 Å². The highest BCUT2D eigenvalue weighted by Crippen LogP contribution is 2.29. The van der Waals surface area contributed by atoms with Crippen LogP contribution in [0.1, 0.15) is 25.7 Å². The van der Waals surface area contributed by atoms with E-state index in [1.807, 2.05) is 23.6 Å². The molecule has 1 aromatic carbocycles. The summed E-state index contributed by atoms with van der Waals surface area (Å²) in [4.78, 5) is 6.30. The predicted octanol–water partition coefficient (Wildman–Crippen LogP) is 3.81. The van der Waals surface area contributed by atoms with Gasteiger partial charge in [-0.25, -0.2) is 13.8 Å². The third-order valence-corrected chi connectivity index (χ3v) is 3.80. The summed E-state index contributed by atoms with van der Waals surface area (Å²) in [6.07, 6.45) is 0. The van der Waals surface area contributed by atoms with Crippen molar-refractivity contribution in [1.29, 1.82) is 0 Å². The van der Waals surface area contributed by atoms with E-state index in [0.717, 1.165) is 12.6 Å². The number of hydrogen-bond acceptors (Lipinski definition) is 2. The quantitative estimate of drug-likeness (QED) is 0.782. The smallest absolute Gasteiger partial charge is 0.153 e. The van der Waals surface area contributed by atoms with E-state index in [1.54, 1.807) is 0 Å². The Morgan fingerprint density at radius 2 is 1.95 bits per heavy atom. The van der Waals surface area contributed by atoms with Gasteiger partial charge in [-0.15, -0.1) is 11.6 Å². The summed E-state index contributed by atoms with van der Waals surface area (Å²) < 4.78 is 29.4. The topological polar surface area (TPSA) is 21.1 Å². The van der Waals surface area contributed by atoms with E-state index in [9.17, 15) is 8.78 Å². The van der Waals surface area contributed by atoms with Crippen LogP contribution in [-0.4, -0.2) is 35.1 Å². The molecule has 1 unspecified atom stereocenters. The summed E-state index contributed by atoms with van der Waals surface area (Å²) in [6.45, 7) is 4.90. The van der Waals surface area contributed by atoms with Crippen molar-refractivity contribution in [2.24, 2.45) is 5.92 Å². The van der Waals surface area contributed by atoms with Gasteiger partial charge in [0.2, 0.25) is 0 Å². The monoisotopic (exact) mass is 315 g/mol. The van der Waals surface area contributed by atoms with Gasteiger partial charge in [-0.1, -0.05) is 13.8 Å². The summed E-state index contributed by atoms with van der Waals surface area (Å²) in [7, 11) is 3.94. The molecule has 1 atom stereocenters. The molecule has 0 saturated heterocycles. The minimum atomic E-state index is -0.650. The molecule has 0 radical (unpaired) electrons. The average molecular weight is 316 g/mol. The molecule has 0 spiro atoms. The number of rotatable bonds is 5. The zero-order valence-corrected chi connectivity index (χ0v) is 13.5. The van der Waals surface area contributed by atoms with Gasteiger partial charge in [0.1, 0.15) is 17.2 Å². The molecule has 3 nitrogen and oxygen atoms in total. The van der Waals surface area contributed by atoms with Gasteiger partial charge in [0.25, 0.3) is 0 Å². The Balaban J connectivity index is 2.69. The summed E-state index contributed by atoms with van der Waals surface area (Å²) in [5.41, 5.74) is 0.639. The molecule has 0 aliphatic heterocycles. The summed E-state index contributed by atoms with van der Waals surface area (Å²) >= 11 is 5.97. The van der Waals surface area contributed by atoms with Crippen LogP contribution in [0.2, 0.25) is 0 Å². The summed E-state index contributed by atoms with van der Waals surface area (Å²) in [5, 5.41) is 0. The van der Waals surface area contributed by atoms with Gasteiger partial charge < -0.3 is 9.47 Å². The molecule has 1 aromatic heterocycles. The van der Waals surface area contributed by atoms with Gasteiger partial charge in [-0.2, -0.15) is 0 Å². The van der Waals surface area contributed by atoms with Crippen LogP contribution in [0.5, 0.6) is 0 Å². The fourth-order valence-electron chi connectivity index (χ4n) is 2.60. The summed E-state index contributed by atoms with van der Waals surface area (Å²) in [6, 6.07) is 2.22. The highest BCUT2D eigenvalue weighted by Gasteiger charge is 2.24. The van der Waals surface area contributed by atoms with Crippen LogP contribution in [0.3, 0.4) is 0 Å². The fourth-order valence-corrected chi connectivity index (χ4v) is 2.79. The SMILES string of the molecule is CC(C)C(CN(C)C)n1c(CCl)nc2c(F)cc(F)cc21. The number of likely N-dealkylation sites (N-methyl/N-ethyl adjacent to an activating group) is 1. The van der Waals surface area contributed by atoms with E-state index in [0.29, 0.717) is 11.3 Å². The van der Waals surface area contributed by atoms with Crippen molar-refractivity contribution in [3.8, 4) is 0 Å². The number of alkyl halides is 1. The number of fused-ring (bicyclic) bond motifs is 1. The number of aromatic nitrogens is 2. The molecule has 0 aliphatic carbocycles. The maximum absolute atomic E-state index is 13.9. The molecular formula is C15H20ClF2N3. The lowest BCUT2D eigenvalue weighted by atomic mass is 10.0. The van der Waals surface area contributed by atoms with Crippen LogP contribution in [0, 0.1) is 17.6 Å². The molecule has 116 valence electrons. The predicted molar refractivity (Wildman–Crippen MR) is 81.6 cm³/mol. The average Bonchev–Trinajstić information content (AvgIpc) is 2.74. The molecule has 0 saturated carbocycles. The molecule has 1 heterocycles. The Morgan fingerprint density at radius 1 is 1.29 bits per heavy atom. The molecule has 6 heteroatoms. The first-order valence-electron chi connectivity index (χ1n) is 6.91. The number of benzene rings is 1. The third kappa shape index (κ3) is 3.19. The van der Waals surface area contributed by atoms with E-state index in [1.165, 1.54) is 6.07 Å². The molecule has 0 bridgehead atoms. The minimum absolute atomic E-state index is 0.0416. The Labute approximate surface area is 128 Å². The molecule has 0 aliphatic rings. The number of nitrogens with zero attached hydrogens (tertiary/aromatic N) is 3. The van der Waals surface area contributed by atoms with E-state index >= 15 is 0 Å². The molecular weight excluding hydrogens is 296 g/mol. The van der Waals surface area contributed by atoms with E-state index in [4.69, 9.17) is 11.6 Å². The first-order chi connectivity index (χ1) is 9.85. The maximum Gasteiger partial charge on any atom is 0.153 e. The zero-order chi connectivity index (χ0) is 15.7.